The van der Waals surface area contributed by atoms with E-state index in [0.29, 0.717) is 17.4 Å². The van der Waals surface area contributed by atoms with Crippen LogP contribution < -0.4 is 5.73 Å². The van der Waals surface area contributed by atoms with E-state index in [-0.39, 0.29) is 12.6 Å². The van der Waals surface area contributed by atoms with Gasteiger partial charge in [-0.15, -0.1) is 11.3 Å². The summed E-state index contributed by atoms with van der Waals surface area (Å²) in [5.74, 6) is 0.334. The average molecular weight is 288 g/mol. The van der Waals surface area contributed by atoms with Gasteiger partial charge in [-0.2, -0.15) is 4.31 Å². The van der Waals surface area contributed by atoms with Crippen molar-refractivity contribution in [3.63, 3.8) is 0 Å². The number of sulfonamides is 1. The predicted octanol–water partition coefficient (Wildman–Crippen LogP) is 2.02. The quantitative estimate of drug-likeness (QED) is 0.871. The third kappa shape index (κ3) is 2.77. The van der Waals surface area contributed by atoms with Crippen LogP contribution in [0.2, 0.25) is 0 Å². The van der Waals surface area contributed by atoms with Gasteiger partial charge in [0.1, 0.15) is 0 Å². The third-order valence-corrected chi connectivity index (χ3v) is 6.05. The van der Waals surface area contributed by atoms with Gasteiger partial charge < -0.3 is 5.73 Å². The Labute approximate surface area is 113 Å². The molecule has 1 heterocycles. The summed E-state index contributed by atoms with van der Waals surface area (Å²) in [4.78, 5) is 1.16. The van der Waals surface area contributed by atoms with E-state index in [4.69, 9.17) is 5.73 Å². The molecule has 102 valence electrons. The maximum atomic E-state index is 12.7. The van der Waals surface area contributed by atoms with E-state index < -0.39 is 10.0 Å². The first kappa shape index (κ1) is 14.0. The van der Waals surface area contributed by atoms with Crippen molar-refractivity contribution in [1.82, 2.24) is 4.31 Å². The smallest absolute Gasteiger partial charge is 0.244 e. The summed E-state index contributed by atoms with van der Waals surface area (Å²) in [6.45, 7) is 4.96. The molecule has 1 aromatic heterocycles. The van der Waals surface area contributed by atoms with Gasteiger partial charge in [0.2, 0.25) is 10.0 Å². The van der Waals surface area contributed by atoms with Crippen LogP contribution in [0.3, 0.4) is 0 Å². The van der Waals surface area contributed by atoms with Crippen molar-refractivity contribution >= 4 is 21.4 Å². The van der Waals surface area contributed by atoms with Gasteiger partial charge in [-0.1, -0.05) is 13.8 Å². The van der Waals surface area contributed by atoms with Crippen LogP contribution in [0.25, 0.3) is 0 Å². The summed E-state index contributed by atoms with van der Waals surface area (Å²) >= 11 is 1.41. The highest BCUT2D eigenvalue weighted by Gasteiger charge is 2.39. The second-order valence-corrected chi connectivity index (χ2v) is 7.97. The number of hydrogen-bond acceptors (Lipinski definition) is 4. The van der Waals surface area contributed by atoms with Gasteiger partial charge >= 0.3 is 0 Å². The molecule has 0 aromatic carbocycles. The van der Waals surface area contributed by atoms with Gasteiger partial charge in [-0.05, 0) is 30.2 Å². The SMILES string of the molecule is CC(C)CN(C1CC1)S(=O)(=O)c1ccsc1CN. The van der Waals surface area contributed by atoms with Crippen LogP contribution in [0.1, 0.15) is 31.6 Å². The molecule has 0 unspecified atom stereocenters. The first-order valence-corrected chi connectivity index (χ1v) is 8.57. The van der Waals surface area contributed by atoms with Gasteiger partial charge in [0.15, 0.2) is 0 Å². The number of rotatable bonds is 6. The summed E-state index contributed by atoms with van der Waals surface area (Å²) in [6.07, 6.45) is 1.96. The van der Waals surface area contributed by atoms with E-state index in [2.05, 4.69) is 0 Å². The molecule has 18 heavy (non-hydrogen) atoms. The molecule has 1 aliphatic carbocycles. The van der Waals surface area contributed by atoms with Gasteiger partial charge in [0.05, 0.1) is 4.90 Å². The van der Waals surface area contributed by atoms with Crippen molar-refractivity contribution in [2.24, 2.45) is 11.7 Å². The monoisotopic (exact) mass is 288 g/mol. The Morgan fingerprint density at radius 2 is 2.17 bits per heavy atom. The average Bonchev–Trinajstić information content (AvgIpc) is 3.01. The number of thiophene rings is 1. The fraction of sp³-hybridized carbons (Fsp3) is 0.667. The molecular formula is C12H20N2O2S2. The molecule has 0 saturated heterocycles. The standard InChI is InChI=1S/C12H20N2O2S2/c1-9(2)8-14(10-3-4-10)18(15,16)12-5-6-17-11(12)7-13/h5-6,9-10H,3-4,7-8,13H2,1-2H3. The van der Waals surface area contributed by atoms with Crippen molar-refractivity contribution < 1.29 is 8.42 Å². The molecular weight excluding hydrogens is 268 g/mol. The molecule has 1 aliphatic rings. The van der Waals surface area contributed by atoms with Crippen molar-refractivity contribution in [1.29, 1.82) is 0 Å². The van der Waals surface area contributed by atoms with Crippen LogP contribution in [0, 0.1) is 5.92 Å². The molecule has 0 spiro atoms. The molecule has 6 heteroatoms. The van der Waals surface area contributed by atoms with Gasteiger partial charge in [0.25, 0.3) is 0 Å². The highest BCUT2D eigenvalue weighted by molar-refractivity contribution is 7.89. The zero-order valence-corrected chi connectivity index (χ0v) is 12.4. The summed E-state index contributed by atoms with van der Waals surface area (Å²) < 4.78 is 27.0. The minimum absolute atomic E-state index is 0.197. The normalized spacial score (nSPS) is 16.7. The first-order valence-electron chi connectivity index (χ1n) is 6.25. The summed E-state index contributed by atoms with van der Waals surface area (Å²) in [7, 11) is -3.37. The van der Waals surface area contributed by atoms with Crippen LogP contribution in [0.4, 0.5) is 0 Å². The molecule has 1 saturated carbocycles. The van der Waals surface area contributed by atoms with Crippen LogP contribution in [-0.2, 0) is 16.6 Å². The highest BCUT2D eigenvalue weighted by atomic mass is 32.2. The fourth-order valence-corrected chi connectivity index (χ4v) is 5.16. The zero-order chi connectivity index (χ0) is 13.3. The summed E-state index contributed by atoms with van der Waals surface area (Å²) in [5.41, 5.74) is 5.61. The largest absolute Gasteiger partial charge is 0.326 e. The Morgan fingerprint density at radius 3 is 2.67 bits per heavy atom. The molecule has 1 aromatic rings. The molecule has 0 aliphatic heterocycles. The lowest BCUT2D eigenvalue weighted by Gasteiger charge is -2.23. The van der Waals surface area contributed by atoms with E-state index in [1.807, 2.05) is 13.8 Å². The Morgan fingerprint density at radius 1 is 1.50 bits per heavy atom. The van der Waals surface area contributed by atoms with E-state index in [1.54, 1.807) is 15.8 Å². The Kier molecular flexibility index (Phi) is 4.11. The topological polar surface area (TPSA) is 63.4 Å². The minimum Gasteiger partial charge on any atom is -0.326 e. The molecule has 4 nitrogen and oxygen atoms in total. The molecule has 0 radical (unpaired) electrons. The maximum Gasteiger partial charge on any atom is 0.244 e. The minimum atomic E-state index is -3.37. The number of nitrogens with two attached hydrogens (primary N) is 1. The second kappa shape index (κ2) is 5.28. The summed E-state index contributed by atoms with van der Waals surface area (Å²) in [5, 5.41) is 1.80. The van der Waals surface area contributed by atoms with Gasteiger partial charge in [-0.3, -0.25) is 0 Å². The van der Waals surface area contributed by atoms with Crippen LogP contribution in [0.5, 0.6) is 0 Å². The maximum absolute atomic E-state index is 12.7. The molecule has 0 atom stereocenters. The molecule has 0 bridgehead atoms. The first-order chi connectivity index (χ1) is 8.46. The number of hydrogen-bond donors (Lipinski definition) is 1. The molecule has 2 rings (SSSR count). The highest BCUT2D eigenvalue weighted by Crippen LogP contribution is 2.34. The van der Waals surface area contributed by atoms with Crippen molar-refractivity contribution in [3.8, 4) is 0 Å². The van der Waals surface area contributed by atoms with E-state index in [0.717, 1.165) is 17.7 Å². The van der Waals surface area contributed by atoms with Crippen LogP contribution >= 0.6 is 11.3 Å². The van der Waals surface area contributed by atoms with E-state index in [1.165, 1.54) is 11.3 Å². The third-order valence-electron chi connectivity index (χ3n) is 2.98. The molecule has 1 fully saturated rings. The van der Waals surface area contributed by atoms with E-state index in [9.17, 15) is 8.42 Å². The molecule has 0 amide bonds. The fourth-order valence-electron chi connectivity index (χ4n) is 2.00. The number of nitrogens with zero attached hydrogens (tertiary/aromatic N) is 1. The lowest BCUT2D eigenvalue weighted by atomic mass is 10.2. The Bertz CT molecular complexity index is 504. The molecule has 2 N–H and O–H groups in total. The lowest BCUT2D eigenvalue weighted by Crippen LogP contribution is -2.36. The second-order valence-electron chi connectivity index (χ2n) is 5.11. The Balaban J connectivity index is 2.33. The van der Waals surface area contributed by atoms with Crippen molar-refractivity contribution in [2.75, 3.05) is 6.54 Å². The van der Waals surface area contributed by atoms with Crippen molar-refractivity contribution in [2.45, 2.75) is 44.2 Å². The van der Waals surface area contributed by atoms with Crippen molar-refractivity contribution in [3.05, 3.63) is 16.3 Å². The lowest BCUT2D eigenvalue weighted by molar-refractivity contribution is 0.360. The van der Waals surface area contributed by atoms with E-state index >= 15 is 0 Å². The van der Waals surface area contributed by atoms with Crippen LogP contribution in [0.15, 0.2) is 16.3 Å². The van der Waals surface area contributed by atoms with Crippen LogP contribution in [-0.4, -0.2) is 25.3 Å². The van der Waals surface area contributed by atoms with Gasteiger partial charge in [0, 0.05) is 24.0 Å². The predicted molar refractivity (Wildman–Crippen MR) is 74.0 cm³/mol. The summed E-state index contributed by atoms with van der Waals surface area (Å²) in [6, 6.07) is 1.88. The zero-order valence-electron chi connectivity index (χ0n) is 10.8. The van der Waals surface area contributed by atoms with Gasteiger partial charge in [-0.25, -0.2) is 8.42 Å². The Hall–Kier alpha value is -0.430.